The van der Waals surface area contributed by atoms with E-state index in [9.17, 15) is 19.1 Å². The second kappa shape index (κ2) is 15.1. The summed E-state index contributed by atoms with van der Waals surface area (Å²) >= 11 is 6.14. The van der Waals surface area contributed by atoms with Crippen LogP contribution in [0.2, 0.25) is 5.02 Å². The summed E-state index contributed by atoms with van der Waals surface area (Å²) in [4.78, 5) is 24.6. The maximum atomic E-state index is 14.0. The van der Waals surface area contributed by atoms with E-state index in [1.165, 1.54) is 19.4 Å². The molecule has 3 aromatic rings. The fourth-order valence-corrected chi connectivity index (χ4v) is 4.52. The van der Waals surface area contributed by atoms with Crippen LogP contribution in [0.5, 0.6) is 17.2 Å². The lowest BCUT2D eigenvalue weighted by Crippen LogP contribution is -2.45. The minimum absolute atomic E-state index is 0.00386. The molecule has 11 nitrogen and oxygen atoms in total. The number of halogens is 2. The highest BCUT2D eigenvalue weighted by Crippen LogP contribution is 2.35. The molecule has 1 aliphatic rings. The summed E-state index contributed by atoms with van der Waals surface area (Å²) in [5, 5.41) is 20.3. The van der Waals surface area contributed by atoms with Gasteiger partial charge in [-0.15, -0.1) is 0 Å². The molecule has 3 aromatic carbocycles. The molecule has 4 N–H and O–H groups in total. The van der Waals surface area contributed by atoms with Gasteiger partial charge in [-0.25, -0.2) is 14.0 Å². The van der Waals surface area contributed by atoms with Crippen molar-refractivity contribution in [2.75, 3.05) is 20.3 Å². The number of methoxy groups -OCH3 is 1. The minimum Gasteiger partial charge on any atom is -0.490 e. The number of hydrazone groups is 1. The lowest BCUT2D eigenvalue weighted by Gasteiger charge is -2.28. The molecule has 13 heteroatoms. The summed E-state index contributed by atoms with van der Waals surface area (Å²) < 4.78 is 36.2. The van der Waals surface area contributed by atoms with Gasteiger partial charge < -0.3 is 34.7 Å². The number of amides is 2. The van der Waals surface area contributed by atoms with Crippen LogP contribution in [-0.2, 0) is 16.1 Å². The number of carbonyl (C=O) groups excluding carboxylic acids is 2. The topological polar surface area (TPSA) is 140 Å². The molecule has 2 amide bonds. The average molecular weight is 627 g/mol. The SMILES string of the molecule is CCOc1cc([C@H]2NC(=O)NC(C)=C2C(=O)OC)ccc1OC[C@H](O)N/N=C/c1cc(Cl)ccc1OCc1ccccc1F. The number of carbonyl (C=O) groups is 2. The van der Waals surface area contributed by atoms with Gasteiger partial charge in [-0.3, -0.25) is 5.43 Å². The monoisotopic (exact) mass is 626 g/mol. The first-order valence-corrected chi connectivity index (χ1v) is 14.0. The van der Waals surface area contributed by atoms with Crippen LogP contribution < -0.4 is 30.3 Å². The minimum atomic E-state index is -1.22. The van der Waals surface area contributed by atoms with Crippen molar-refractivity contribution in [3.8, 4) is 17.2 Å². The van der Waals surface area contributed by atoms with Crippen LogP contribution >= 0.6 is 11.6 Å². The molecule has 44 heavy (non-hydrogen) atoms. The van der Waals surface area contributed by atoms with E-state index in [1.54, 1.807) is 68.4 Å². The van der Waals surface area contributed by atoms with Crippen molar-refractivity contribution < 1.29 is 38.0 Å². The zero-order chi connectivity index (χ0) is 31.6. The van der Waals surface area contributed by atoms with Crippen LogP contribution in [0.4, 0.5) is 9.18 Å². The molecule has 1 heterocycles. The molecule has 0 bridgehead atoms. The van der Waals surface area contributed by atoms with Gasteiger partial charge in [0.2, 0.25) is 0 Å². The number of aliphatic hydroxyl groups excluding tert-OH is 1. The van der Waals surface area contributed by atoms with Gasteiger partial charge in [0.15, 0.2) is 17.7 Å². The fraction of sp³-hybridized carbons (Fsp3) is 0.258. The van der Waals surface area contributed by atoms with Crippen LogP contribution in [0, 0.1) is 5.82 Å². The van der Waals surface area contributed by atoms with Crippen LogP contribution in [0.1, 0.15) is 36.6 Å². The first-order valence-electron chi connectivity index (χ1n) is 13.6. The predicted molar refractivity (Wildman–Crippen MR) is 161 cm³/mol. The molecule has 2 atom stereocenters. The Balaban J connectivity index is 1.41. The predicted octanol–water partition coefficient (Wildman–Crippen LogP) is 4.58. The maximum Gasteiger partial charge on any atom is 0.337 e. The lowest BCUT2D eigenvalue weighted by atomic mass is 9.95. The van der Waals surface area contributed by atoms with E-state index in [2.05, 4.69) is 21.2 Å². The molecule has 0 aromatic heterocycles. The molecule has 0 fully saturated rings. The maximum absolute atomic E-state index is 14.0. The molecular weight excluding hydrogens is 595 g/mol. The van der Waals surface area contributed by atoms with Gasteiger partial charge in [0, 0.05) is 21.8 Å². The number of allylic oxidation sites excluding steroid dienone is 1. The summed E-state index contributed by atoms with van der Waals surface area (Å²) in [6.45, 7) is 3.51. The van der Waals surface area contributed by atoms with Gasteiger partial charge in [-0.1, -0.05) is 35.9 Å². The van der Waals surface area contributed by atoms with Gasteiger partial charge >= 0.3 is 12.0 Å². The summed E-state index contributed by atoms with van der Waals surface area (Å²) in [5.74, 6) is 0.112. The quantitative estimate of drug-likeness (QED) is 0.0936. The third-order valence-corrected chi connectivity index (χ3v) is 6.65. The highest BCUT2D eigenvalue weighted by molar-refractivity contribution is 6.30. The van der Waals surface area contributed by atoms with E-state index in [0.29, 0.717) is 51.3 Å². The van der Waals surface area contributed by atoms with E-state index in [1.807, 2.05) is 0 Å². The average Bonchev–Trinajstić information content (AvgIpc) is 3.00. The van der Waals surface area contributed by atoms with E-state index >= 15 is 0 Å². The van der Waals surface area contributed by atoms with E-state index < -0.39 is 24.3 Å². The van der Waals surface area contributed by atoms with Gasteiger partial charge in [0.05, 0.1) is 31.5 Å². The zero-order valence-corrected chi connectivity index (χ0v) is 25.0. The zero-order valence-electron chi connectivity index (χ0n) is 24.2. The summed E-state index contributed by atoms with van der Waals surface area (Å²) in [5.41, 5.74) is 4.66. The summed E-state index contributed by atoms with van der Waals surface area (Å²) in [6.07, 6.45) is 0.191. The Morgan fingerprint density at radius 2 is 1.89 bits per heavy atom. The molecule has 0 radical (unpaired) electrons. The number of esters is 1. The standard InChI is InChI=1S/C31H32ClFN4O7/c1-4-42-26-14-19(29-28(30(39)41-3)18(2)35-31(40)36-29)9-11-25(26)44-17-27(38)37-34-15-21-13-22(32)10-12-24(21)43-16-20-7-5-6-8-23(20)33/h5-15,27,29,37-38H,4,16-17H2,1-3H3,(H2,35,36,40)/b34-15+/t27-,29+/m0/s1. The molecule has 0 spiro atoms. The Hall–Kier alpha value is -4.81. The molecule has 0 aliphatic carbocycles. The number of urea groups is 1. The number of ether oxygens (including phenoxy) is 4. The van der Waals surface area contributed by atoms with Crippen molar-refractivity contribution in [3.63, 3.8) is 0 Å². The Morgan fingerprint density at radius 1 is 1.11 bits per heavy atom. The smallest absolute Gasteiger partial charge is 0.337 e. The largest absolute Gasteiger partial charge is 0.490 e. The number of aliphatic hydroxyl groups is 1. The first-order chi connectivity index (χ1) is 21.2. The van der Waals surface area contributed by atoms with E-state index in [4.69, 9.17) is 30.5 Å². The second-order valence-corrected chi connectivity index (χ2v) is 9.91. The molecule has 4 rings (SSSR count). The molecule has 232 valence electrons. The van der Waals surface area contributed by atoms with Crippen molar-refractivity contribution in [2.24, 2.45) is 5.10 Å². The lowest BCUT2D eigenvalue weighted by molar-refractivity contribution is -0.136. The molecular formula is C31H32ClFN4O7. The Morgan fingerprint density at radius 3 is 2.64 bits per heavy atom. The number of nitrogens with zero attached hydrogens (tertiary/aromatic N) is 1. The third kappa shape index (κ3) is 8.17. The Bertz CT molecular complexity index is 1570. The van der Waals surface area contributed by atoms with Crippen molar-refractivity contribution in [1.29, 1.82) is 0 Å². The number of rotatable bonds is 13. The van der Waals surface area contributed by atoms with Crippen LogP contribution in [0.15, 0.2) is 77.0 Å². The molecule has 0 saturated heterocycles. The van der Waals surface area contributed by atoms with Gasteiger partial charge in [-0.05, 0) is 55.8 Å². The summed E-state index contributed by atoms with van der Waals surface area (Å²) in [6, 6.07) is 14.9. The number of hydrogen-bond acceptors (Lipinski definition) is 9. The van der Waals surface area contributed by atoms with Crippen molar-refractivity contribution in [2.45, 2.75) is 32.7 Å². The van der Waals surface area contributed by atoms with Crippen molar-refractivity contribution in [1.82, 2.24) is 16.1 Å². The van der Waals surface area contributed by atoms with Crippen molar-refractivity contribution >= 4 is 29.8 Å². The van der Waals surface area contributed by atoms with Crippen molar-refractivity contribution in [3.05, 3.63) is 99.5 Å². The normalized spacial score (nSPS) is 15.3. The molecule has 1 aliphatic heterocycles. The van der Waals surface area contributed by atoms with Crippen LogP contribution in [-0.4, -0.2) is 49.9 Å². The van der Waals surface area contributed by atoms with E-state index in [0.717, 1.165) is 0 Å². The highest BCUT2D eigenvalue weighted by atomic mass is 35.5. The Labute approximate surface area is 258 Å². The number of benzene rings is 3. The van der Waals surface area contributed by atoms with E-state index in [-0.39, 0.29) is 24.6 Å². The fourth-order valence-electron chi connectivity index (χ4n) is 4.34. The van der Waals surface area contributed by atoms with Gasteiger partial charge in [0.25, 0.3) is 0 Å². The first kappa shape index (κ1) is 32.1. The molecule has 0 saturated carbocycles. The third-order valence-electron chi connectivity index (χ3n) is 6.41. The molecule has 0 unspecified atom stereocenters. The highest BCUT2D eigenvalue weighted by Gasteiger charge is 2.32. The summed E-state index contributed by atoms with van der Waals surface area (Å²) in [7, 11) is 1.26. The van der Waals surface area contributed by atoms with Gasteiger partial charge in [-0.2, -0.15) is 5.10 Å². The number of nitrogens with one attached hydrogen (secondary N) is 3. The Kier molecular flexibility index (Phi) is 11.0. The van der Waals surface area contributed by atoms with Crippen LogP contribution in [0.3, 0.4) is 0 Å². The van der Waals surface area contributed by atoms with Crippen LogP contribution in [0.25, 0.3) is 0 Å². The number of hydrogen-bond donors (Lipinski definition) is 4. The van der Waals surface area contributed by atoms with Gasteiger partial charge in [0.1, 0.15) is 24.8 Å². The second-order valence-electron chi connectivity index (χ2n) is 9.48.